The van der Waals surface area contributed by atoms with E-state index in [1.54, 1.807) is 0 Å². The Labute approximate surface area is 61.0 Å². The number of carboxylic acid groups (broad SMARTS) is 1. The molecule has 0 heterocycles. The number of alkyl halides is 3. The molecule has 0 saturated heterocycles. The third kappa shape index (κ3) is 2.75. The highest BCUT2D eigenvalue weighted by Crippen LogP contribution is 2.23. The Kier molecular flexibility index (Phi) is 2.86. The zero-order valence-electron chi connectivity index (χ0n) is 5.72. The zero-order chi connectivity index (χ0) is 9.23. The second kappa shape index (κ2) is 3.08. The van der Waals surface area contributed by atoms with Crippen LogP contribution >= 0.6 is 0 Å². The van der Waals surface area contributed by atoms with Crippen molar-refractivity contribution >= 4 is 5.97 Å². The number of nitrogens with two attached hydrogens (primary N) is 1. The summed E-state index contributed by atoms with van der Waals surface area (Å²) in [6.07, 6.45) is -4.64. The van der Waals surface area contributed by atoms with Crippen LogP contribution in [0.15, 0.2) is 0 Å². The number of hydrogen-bond acceptors (Lipinski definition) is 2. The molecule has 0 spiro atoms. The van der Waals surface area contributed by atoms with Crippen molar-refractivity contribution in [2.24, 2.45) is 11.7 Å². The molecule has 0 amide bonds. The molecule has 0 radical (unpaired) electrons. The first kappa shape index (κ1) is 10.2. The molecule has 0 fully saturated rings. The van der Waals surface area contributed by atoms with Gasteiger partial charge in [0.05, 0.1) is 5.92 Å². The van der Waals surface area contributed by atoms with Crippen LogP contribution in [0.25, 0.3) is 0 Å². The maximum atomic E-state index is 11.7. The predicted molar refractivity (Wildman–Crippen MR) is 30.8 cm³/mol. The summed E-state index contributed by atoms with van der Waals surface area (Å²) in [7, 11) is 0. The molecular formula is C5H8F3NO2. The fourth-order valence-corrected chi connectivity index (χ4v) is 0.437. The minimum atomic E-state index is -4.64. The zero-order valence-corrected chi connectivity index (χ0v) is 5.72. The van der Waals surface area contributed by atoms with E-state index >= 15 is 0 Å². The molecule has 3 N–H and O–H groups in total. The van der Waals surface area contributed by atoms with E-state index in [0.29, 0.717) is 0 Å². The van der Waals surface area contributed by atoms with E-state index in [-0.39, 0.29) is 0 Å². The molecular weight excluding hydrogens is 163 g/mol. The van der Waals surface area contributed by atoms with Gasteiger partial charge in [0.25, 0.3) is 0 Å². The molecule has 0 aromatic carbocycles. The first-order valence-corrected chi connectivity index (χ1v) is 2.82. The predicted octanol–water partition coefficient (Wildman–Crippen LogP) is 0.597. The lowest BCUT2D eigenvalue weighted by molar-refractivity contribution is -0.171. The summed E-state index contributed by atoms with van der Waals surface area (Å²) >= 11 is 0. The Hall–Kier alpha value is -0.780. The van der Waals surface area contributed by atoms with Crippen molar-refractivity contribution in [2.45, 2.75) is 19.1 Å². The number of halogens is 3. The Bertz CT molecular complexity index is 156. The number of rotatable bonds is 2. The van der Waals surface area contributed by atoms with E-state index in [1.807, 2.05) is 0 Å². The van der Waals surface area contributed by atoms with Gasteiger partial charge in [0, 0.05) is 0 Å². The lowest BCUT2D eigenvalue weighted by Crippen LogP contribution is -2.45. The van der Waals surface area contributed by atoms with Gasteiger partial charge in [-0.25, -0.2) is 0 Å². The van der Waals surface area contributed by atoms with Crippen molar-refractivity contribution in [3.8, 4) is 0 Å². The highest BCUT2D eigenvalue weighted by molar-refractivity contribution is 5.70. The molecule has 0 aliphatic carbocycles. The SMILES string of the molecule is C[C@@H](C(=O)O)[C@H](N)C(F)(F)F. The van der Waals surface area contributed by atoms with Crippen LogP contribution in [0.2, 0.25) is 0 Å². The summed E-state index contributed by atoms with van der Waals surface area (Å²) in [5.74, 6) is -3.15. The van der Waals surface area contributed by atoms with Gasteiger partial charge in [-0.2, -0.15) is 13.2 Å². The summed E-state index contributed by atoms with van der Waals surface area (Å²) in [5.41, 5.74) is 4.59. The van der Waals surface area contributed by atoms with Crippen LogP contribution in [0.1, 0.15) is 6.92 Å². The molecule has 0 rings (SSSR count). The molecule has 0 bridgehead atoms. The van der Waals surface area contributed by atoms with E-state index in [4.69, 9.17) is 5.11 Å². The van der Waals surface area contributed by atoms with Gasteiger partial charge in [0.15, 0.2) is 0 Å². The Morgan fingerprint density at radius 2 is 1.91 bits per heavy atom. The van der Waals surface area contributed by atoms with Gasteiger partial charge in [-0.15, -0.1) is 0 Å². The highest BCUT2D eigenvalue weighted by atomic mass is 19.4. The van der Waals surface area contributed by atoms with Gasteiger partial charge in [0.2, 0.25) is 0 Å². The molecule has 6 heteroatoms. The van der Waals surface area contributed by atoms with E-state index in [1.165, 1.54) is 0 Å². The average molecular weight is 171 g/mol. The maximum Gasteiger partial charge on any atom is 0.404 e. The second-order valence-electron chi connectivity index (χ2n) is 2.19. The van der Waals surface area contributed by atoms with Crippen LogP contribution in [-0.2, 0) is 4.79 Å². The van der Waals surface area contributed by atoms with Crippen molar-refractivity contribution in [1.29, 1.82) is 0 Å². The molecule has 0 aromatic heterocycles. The third-order valence-electron chi connectivity index (χ3n) is 1.31. The van der Waals surface area contributed by atoms with Crippen molar-refractivity contribution in [3.63, 3.8) is 0 Å². The Balaban J connectivity index is 4.25. The minimum Gasteiger partial charge on any atom is -0.481 e. The summed E-state index contributed by atoms with van der Waals surface area (Å²) < 4.78 is 35.0. The lowest BCUT2D eigenvalue weighted by atomic mass is 10.0. The number of carbonyl (C=O) groups is 1. The number of aliphatic carboxylic acids is 1. The molecule has 0 aliphatic rings. The normalized spacial score (nSPS) is 17.5. The smallest absolute Gasteiger partial charge is 0.404 e. The van der Waals surface area contributed by atoms with Crippen LogP contribution in [0.3, 0.4) is 0 Å². The fourth-order valence-electron chi connectivity index (χ4n) is 0.437. The van der Waals surface area contributed by atoms with Crippen molar-refractivity contribution in [1.82, 2.24) is 0 Å². The van der Waals surface area contributed by atoms with Gasteiger partial charge in [0.1, 0.15) is 6.04 Å². The molecule has 0 aromatic rings. The van der Waals surface area contributed by atoms with Gasteiger partial charge in [-0.3, -0.25) is 4.79 Å². The Morgan fingerprint density at radius 1 is 1.55 bits per heavy atom. The average Bonchev–Trinajstić information content (AvgIpc) is 1.82. The second-order valence-corrected chi connectivity index (χ2v) is 2.19. The Morgan fingerprint density at radius 3 is 2.00 bits per heavy atom. The van der Waals surface area contributed by atoms with Crippen LogP contribution in [0.4, 0.5) is 13.2 Å². The van der Waals surface area contributed by atoms with Crippen LogP contribution < -0.4 is 5.73 Å². The van der Waals surface area contributed by atoms with Crippen molar-refractivity contribution in [2.75, 3.05) is 0 Å². The fraction of sp³-hybridized carbons (Fsp3) is 0.800. The van der Waals surface area contributed by atoms with Crippen molar-refractivity contribution < 1.29 is 23.1 Å². The topological polar surface area (TPSA) is 63.3 Å². The molecule has 0 unspecified atom stereocenters. The van der Waals surface area contributed by atoms with Crippen LogP contribution in [-0.4, -0.2) is 23.3 Å². The van der Waals surface area contributed by atoms with Crippen molar-refractivity contribution in [3.05, 3.63) is 0 Å². The van der Waals surface area contributed by atoms with Gasteiger partial charge < -0.3 is 10.8 Å². The van der Waals surface area contributed by atoms with E-state index in [2.05, 4.69) is 5.73 Å². The molecule has 2 atom stereocenters. The lowest BCUT2D eigenvalue weighted by Gasteiger charge is -2.18. The quantitative estimate of drug-likeness (QED) is 0.639. The summed E-state index contributed by atoms with van der Waals surface area (Å²) in [4.78, 5) is 10.0. The van der Waals surface area contributed by atoms with Gasteiger partial charge >= 0.3 is 12.1 Å². The summed E-state index contributed by atoms with van der Waals surface area (Å²) in [6.45, 7) is 0.917. The first-order valence-electron chi connectivity index (χ1n) is 2.82. The summed E-state index contributed by atoms with van der Waals surface area (Å²) in [5, 5.41) is 8.14. The molecule has 0 aliphatic heterocycles. The van der Waals surface area contributed by atoms with Crippen LogP contribution in [0.5, 0.6) is 0 Å². The minimum absolute atomic E-state index is 0.917. The standard InChI is InChI=1S/C5H8F3NO2/c1-2(4(10)11)3(9)5(6,7)8/h2-3H,9H2,1H3,(H,10,11)/t2-,3+/m1/s1. The number of carboxylic acids is 1. The third-order valence-corrected chi connectivity index (χ3v) is 1.31. The monoisotopic (exact) mass is 171 g/mol. The molecule has 3 nitrogen and oxygen atoms in total. The summed E-state index contributed by atoms with van der Waals surface area (Å²) in [6, 6.07) is -2.29. The molecule has 66 valence electrons. The molecule has 0 saturated carbocycles. The largest absolute Gasteiger partial charge is 0.481 e. The first-order chi connectivity index (χ1) is 4.76. The van der Waals surface area contributed by atoms with E-state index in [9.17, 15) is 18.0 Å². The molecule has 11 heavy (non-hydrogen) atoms. The maximum absolute atomic E-state index is 11.7. The van der Waals surface area contributed by atoms with E-state index < -0.39 is 24.1 Å². The van der Waals surface area contributed by atoms with E-state index in [0.717, 1.165) is 6.92 Å². The van der Waals surface area contributed by atoms with Crippen LogP contribution in [0, 0.1) is 5.92 Å². The van der Waals surface area contributed by atoms with Gasteiger partial charge in [-0.05, 0) is 0 Å². The highest BCUT2D eigenvalue weighted by Gasteiger charge is 2.42. The number of hydrogen-bond donors (Lipinski definition) is 2. The van der Waals surface area contributed by atoms with Gasteiger partial charge in [-0.1, -0.05) is 6.92 Å².